The van der Waals surface area contributed by atoms with Crippen LogP contribution in [0, 0.1) is 0 Å². The van der Waals surface area contributed by atoms with Crippen LogP contribution in [0.4, 0.5) is 10.5 Å². The maximum Gasteiger partial charge on any atom is 0.338 e. The number of carbonyl (C=O) groups excluding carboxylic acids is 4. The molecule has 0 bridgehead atoms. The molecular weight excluding hydrogens is 356 g/mol. The van der Waals surface area contributed by atoms with Crippen LogP contribution in [-0.2, 0) is 14.4 Å². The van der Waals surface area contributed by atoms with E-state index in [9.17, 15) is 19.2 Å². The molecule has 140 valence electrons. The number of thioether (sulfide) groups is 1. The Bertz CT molecular complexity index is 737. The molecule has 1 aromatic carbocycles. The summed E-state index contributed by atoms with van der Waals surface area (Å²) in [6.07, 6.45) is 1.92. The maximum absolute atomic E-state index is 12.3. The molecule has 0 radical (unpaired) electrons. The smallest absolute Gasteiger partial charge is 0.320 e. The average Bonchev–Trinajstić information content (AvgIpc) is 2.78. The van der Waals surface area contributed by atoms with E-state index in [2.05, 4.69) is 5.32 Å². The number of nitrogens with one attached hydrogen (secondary N) is 2. The van der Waals surface area contributed by atoms with Gasteiger partial charge in [0.1, 0.15) is 0 Å². The Balaban J connectivity index is 1.97. The van der Waals surface area contributed by atoms with Crippen LogP contribution in [0.25, 0.3) is 0 Å². The van der Waals surface area contributed by atoms with Crippen LogP contribution >= 0.6 is 11.8 Å². The van der Waals surface area contributed by atoms with Crippen LogP contribution in [-0.4, -0.2) is 66.1 Å². The minimum Gasteiger partial charge on any atom is -0.320 e. The Morgan fingerprint density at radius 3 is 2.42 bits per heavy atom. The molecule has 2 rings (SSSR count). The molecule has 1 atom stereocenters. The molecule has 0 aromatic heterocycles. The number of rotatable bonds is 7. The van der Waals surface area contributed by atoms with Crippen molar-refractivity contribution in [3.63, 3.8) is 0 Å². The van der Waals surface area contributed by atoms with Crippen LogP contribution < -0.4 is 10.2 Å². The van der Waals surface area contributed by atoms with Crippen molar-refractivity contribution in [3.8, 4) is 0 Å². The molecule has 0 spiro atoms. The van der Waals surface area contributed by atoms with Gasteiger partial charge < -0.3 is 10.2 Å². The van der Waals surface area contributed by atoms with E-state index in [0.29, 0.717) is 10.6 Å². The van der Waals surface area contributed by atoms with Crippen molar-refractivity contribution in [2.45, 2.75) is 24.8 Å². The summed E-state index contributed by atoms with van der Waals surface area (Å²) in [5, 5.41) is 2.83. The van der Waals surface area contributed by atoms with E-state index >= 15 is 0 Å². The number of para-hydroxylation sites is 1. The highest BCUT2D eigenvalue weighted by atomic mass is 32.2. The van der Waals surface area contributed by atoms with Crippen LogP contribution in [0.15, 0.2) is 29.2 Å². The van der Waals surface area contributed by atoms with Gasteiger partial charge in [-0.25, -0.2) is 9.69 Å². The van der Waals surface area contributed by atoms with Crippen molar-refractivity contribution in [1.82, 2.24) is 9.80 Å². The number of imide groups is 2. The predicted molar refractivity (Wildman–Crippen MR) is 97.7 cm³/mol. The van der Waals surface area contributed by atoms with E-state index < -0.39 is 23.9 Å². The Labute approximate surface area is 156 Å². The van der Waals surface area contributed by atoms with Crippen molar-refractivity contribution in [2.24, 2.45) is 0 Å². The van der Waals surface area contributed by atoms with Gasteiger partial charge in [-0.05, 0) is 32.2 Å². The van der Waals surface area contributed by atoms with Gasteiger partial charge in [0.25, 0.3) is 5.91 Å². The summed E-state index contributed by atoms with van der Waals surface area (Å²) in [5.74, 6) is -1.91. The third-order valence-corrected chi connectivity index (χ3v) is 4.67. The van der Waals surface area contributed by atoms with Crippen molar-refractivity contribution >= 4 is 41.2 Å². The fourth-order valence-electron chi connectivity index (χ4n) is 2.66. The number of anilines is 1. The van der Waals surface area contributed by atoms with Gasteiger partial charge in [-0.2, -0.15) is 0 Å². The standard InChI is InChI=1S/C17H22N4O4S/c1-11(2)21-16(24)15(23)20(17(21)25)10-19(3)9-14(22)18-12-7-5-6-8-13(12)26-4/h5-8,11H,9-10H2,1-4H3,(H,18,22)/p+1. The minimum atomic E-state index is -0.851. The quantitative estimate of drug-likeness (QED) is 0.396. The molecule has 1 aliphatic heterocycles. The lowest BCUT2D eigenvalue weighted by molar-refractivity contribution is -0.878. The molecule has 1 saturated heterocycles. The second-order valence-electron chi connectivity index (χ2n) is 6.33. The van der Waals surface area contributed by atoms with Gasteiger partial charge in [-0.1, -0.05) is 12.1 Å². The number of nitrogens with zero attached hydrogens (tertiary/aromatic N) is 2. The minimum absolute atomic E-state index is 0.0512. The molecule has 9 heteroatoms. The van der Waals surface area contributed by atoms with E-state index in [4.69, 9.17) is 0 Å². The van der Waals surface area contributed by atoms with Crippen molar-refractivity contribution in [1.29, 1.82) is 0 Å². The second-order valence-corrected chi connectivity index (χ2v) is 7.17. The summed E-state index contributed by atoms with van der Waals surface area (Å²) in [7, 11) is 1.68. The fourth-order valence-corrected chi connectivity index (χ4v) is 3.21. The van der Waals surface area contributed by atoms with Crippen LogP contribution in [0.2, 0.25) is 0 Å². The van der Waals surface area contributed by atoms with E-state index in [-0.39, 0.29) is 19.1 Å². The van der Waals surface area contributed by atoms with Gasteiger partial charge in [0.2, 0.25) is 0 Å². The molecule has 0 saturated carbocycles. The highest BCUT2D eigenvalue weighted by Gasteiger charge is 2.47. The molecule has 1 aromatic rings. The summed E-state index contributed by atoms with van der Waals surface area (Å²) >= 11 is 1.52. The second kappa shape index (κ2) is 8.33. The van der Waals surface area contributed by atoms with Gasteiger partial charge in [-0.3, -0.25) is 19.3 Å². The predicted octanol–water partition coefficient (Wildman–Crippen LogP) is 0.0184. The summed E-state index contributed by atoms with van der Waals surface area (Å²) < 4.78 is 0. The number of likely N-dealkylation sites (N-methyl/N-ethyl adjacent to an activating group) is 1. The highest BCUT2D eigenvalue weighted by molar-refractivity contribution is 7.98. The lowest BCUT2D eigenvalue weighted by atomic mass is 10.3. The van der Waals surface area contributed by atoms with Crippen LogP contribution in [0.3, 0.4) is 0 Å². The third kappa shape index (κ3) is 4.23. The number of hydrogen-bond acceptors (Lipinski definition) is 5. The largest absolute Gasteiger partial charge is 0.338 e. The lowest BCUT2D eigenvalue weighted by Crippen LogP contribution is -3.11. The zero-order valence-corrected chi connectivity index (χ0v) is 16.1. The average molecular weight is 379 g/mol. The molecule has 1 heterocycles. The van der Waals surface area contributed by atoms with Crippen LogP contribution in [0.1, 0.15) is 13.8 Å². The van der Waals surface area contributed by atoms with E-state index in [1.165, 1.54) is 11.8 Å². The Morgan fingerprint density at radius 1 is 1.19 bits per heavy atom. The Morgan fingerprint density at radius 2 is 1.85 bits per heavy atom. The highest BCUT2D eigenvalue weighted by Crippen LogP contribution is 2.24. The molecule has 2 N–H and O–H groups in total. The molecule has 1 fully saturated rings. The topological polar surface area (TPSA) is 91.2 Å². The first-order valence-corrected chi connectivity index (χ1v) is 9.42. The molecular formula is C17H23N4O4S+. The van der Waals surface area contributed by atoms with Gasteiger partial charge in [0, 0.05) is 10.9 Å². The van der Waals surface area contributed by atoms with Gasteiger partial charge in [0.05, 0.1) is 12.7 Å². The third-order valence-electron chi connectivity index (χ3n) is 3.87. The number of amides is 5. The maximum atomic E-state index is 12.3. The summed E-state index contributed by atoms with van der Waals surface area (Å²) in [6.45, 7) is 3.33. The first-order chi connectivity index (χ1) is 12.3. The molecule has 8 nitrogen and oxygen atoms in total. The number of benzene rings is 1. The number of quaternary nitrogens is 1. The van der Waals surface area contributed by atoms with E-state index in [1.54, 1.807) is 20.9 Å². The number of hydrogen-bond donors (Lipinski definition) is 2. The molecule has 0 aliphatic carbocycles. The zero-order chi connectivity index (χ0) is 19.4. The molecule has 5 amide bonds. The summed E-state index contributed by atoms with van der Waals surface area (Å²) in [6, 6.07) is 6.41. The Kier molecular flexibility index (Phi) is 6.38. The molecule has 26 heavy (non-hydrogen) atoms. The zero-order valence-electron chi connectivity index (χ0n) is 15.2. The van der Waals surface area contributed by atoms with Crippen LogP contribution in [0.5, 0.6) is 0 Å². The van der Waals surface area contributed by atoms with Crippen molar-refractivity contribution < 1.29 is 24.1 Å². The molecule has 1 unspecified atom stereocenters. The monoisotopic (exact) mass is 379 g/mol. The summed E-state index contributed by atoms with van der Waals surface area (Å²) in [4.78, 5) is 51.8. The lowest BCUT2D eigenvalue weighted by Gasteiger charge is -2.21. The SMILES string of the molecule is CSc1ccccc1NC(=O)C[NH+](C)CN1C(=O)C(=O)N(C(C)C)C1=O. The van der Waals surface area contributed by atoms with E-state index in [0.717, 1.165) is 14.7 Å². The van der Waals surface area contributed by atoms with Crippen molar-refractivity contribution in [2.75, 3.05) is 31.8 Å². The fraction of sp³-hybridized carbons (Fsp3) is 0.412. The summed E-state index contributed by atoms with van der Waals surface area (Å²) in [5.41, 5.74) is 0.715. The normalized spacial score (nSPS) is 15.8. The first kappa shape index (κ1) is 19.9. The van der Waals surface area contributed by atoms with Gasteiger partial charge in [-0.15, -0.1) is 11.8 Å². The first-order valence-electron chi connectivity index (χ1n) is 8.19. The van der Waals surface area contributed by atoms with Gasteiger partial charge >= 0.3 is 17.8 Å². The molecule has 1 aliphatic rings. The number of urea groups is 1. The Hall–Kier alpha value is -2.39. The van der Waals surface area contributed by atoms with Gasteiger partial charge in [0.15, 0.2) is 13.2 Å². The van der Waals surface area contributed by atoms with E-state index in [1.807, 2.05) is 30.5 Å². The number of carbonyl (C=O) groups is 4. The van der Waals surface area contributed by atoms with Crippen molar-refractivity contribution in [3.05, 3.63) is 24.3 Å².